The number of hydrogen-bond donors (Lipinski definition) is 7. The van der Waals surface area contributed by atoms with Gasteiger partial charge in [-0.1, -0.05) is 98.2 Å². The molecule has 0 radical (unpaired) electrons. The zero-order chi connectivity index (χ0) is 43.6. The predicted octanol–water partition coefficient (Wildman–Crippen LogP) is 1.49. The van der Waals surface area contributed by atoms with Gasteiger partial charge in [-0.2, -0.15) is 12.6 Å². The van der Waals surface area contributed by atoms with E-state index in [9.17, 15) is 36.9 Å². The molecule has 58 heavy (non-hydrogen) atoms. The van der Waals surface area contributed by atoms with Gasteiger partial charge >= 0.3 is 59.4 Å². The summed E-state index contributed by atoms with van der Waals surface area (Å²) in [5, 5.41) is 50.2. The third kappa shape index (κ3) is 25.2. The second kappa shape index (κ2) is 29.9. The van der Waals surface area contributed by atoms with Gasteiger partial charge in [0.15, 0.2) is 5.60 Å². The maximum absolute atomic E-state index is 10.3. The average Bonchev–Trinajstić information content (AvgIpc) is 3.13. The molecule has 0 saturated carbocycles. The standard InChI is InChI=1S/C26H28ClNO.C6H8O7.C4H4O4.C2H6O3S2.Na/c1-3-28(4-2)19-20-29-24-17-15-22(16-18-24)25(21-11-7-5-8-12-21)26(27)23-13-9-6-10-14-23;7-3(8)1-6(13,5(11)12)2-4(9)10;5-3(6)1-2-4(7)8;3-7(4,5)2-1-6;/h5-18H,3-4,19-20H2,1-2H3;13H,1-2H2,(H,7,8)(H,9,10)(H,11,12);1-2H,(H,5,6)(H,7,8);6H,1-2H2,(H,3,4,5);/q;;;;+1/p-1/b26-25+;;2-1-;;. The SMILES string of the molecule is CCN(CC)CCOc1ccc(/C(=C(/Cl)c2ccccc2)c2ccccc2)cc1.O=C(O)/C=C\C(=O)O.O=C(O)CC(O)(CC(=O)O)C(=O)O.O=S(=O)([O-])CCS.[Na+]. The van der Waals surface area contributed by atoms with Crippen molar-refractivity contribution in [1.29, 1.82) is 0 Å². The number of carboxylic acids is 5. The van der Waals surface area contributed by atoms with Gasteiger partial charge in [0.1, 0.15) is 12.4 Å². The molecule has 0 aliphatic carbocycles. The average molecular weight is 878 g/mol. The topological polar surface area (TPSA) is 276 Å². The van der Waals surface area contributed by atoms with Gasteiger partial charge in [0.2, 0.25) is 0 Å². The van der Waals surface area contributed by atoms with Crippen molar-refractivity contribution in [3.63, 3.8) is 0 Å². The number of rotatable bonds is 18. The Balaban J connectivity index is 0. The van der Waals surface area contributed by atoms with Crippen molar-refractivity contribution in [2.45, 2.75) is 32.3 Å². The van der Waals surface area contributed by atoms with Crippen LogP contribution in [0.25, 0.3) is 10.6 Å². The first-order valence-corrected chi connectivity index (χ1v) is 19.3. The fraction of sp³-hybridized carbons (Fsp3) is 0.289. The number of aliphatic carboxylic acids is 5. The molecule has 0 fully saturated rings. The Morgan fingerprint density at radius 3 is 1.50 bits per heavy atom. The van der Waals surface area contributed by atoms with E-state index in [2.05, 4.69) is 55.6 Å². The molecule has 0 unspecified atom stereocenters. The number of benzene rings is 3. The van der Waals surface area contributed by atoms with Crippen molar-refractivity contribution in [2.75, 3.05) is 37.7 Å². The van der Waals surface area contributed by atoms with Crippen molar-refractivity contribution >= 4 is 74.8 Å². The third-order valence-electron chi connectivity index (χ3n) is 7.02. The van der Waals surface area contributed by atoms with E-state index in [1.165, 1.54) is 0 Å². The van der Waals surface area contributed by atoms with E-state index in [0.29, 0.717) is 18.8 Å². The normalized spacial score (nSPS) is 11.2. The van der Waals surface area contributed by atoms with Crippen LogP contribution in [0.4, 0.5) is 0 Å². The van der Waals surface area contributed by atoms with Crippen LogP contribution in [0.1, 0.15) is 43.4 Å². The minimum atomic E-state index is -4.00. The van der Waals surface area contributed by atoms with E-state index in [0.717, 1.165) is 52.7 Å². The van der Waals surface area contributed by atoms with Gasteiger partial charge in [-0.25, -0.2) is 22.8 Å². The van der Waals surface area contributed by atoms with E-state index in [-0.39, 0.29) is 41.1 Å². The van der Waals surface area contributed by atoms with Crippen LogP contribution in [0.5, 0.6) is 5.75 Å². The second-order valence-electron chi connectivity index (χ2n) is 11.3. The molecule has 6 N–H and O–H groups in total. The number of aliphatic hydroxyl groups is 1. The summed E-state index contributed by atoms with van der Waals surface area (Å²) in [6.07, 6.45) is -1.17. The van der Waals surface area contributed by atoms with Crippen LogP contribution in [0.15, 0.2) is 97.1 Å². The molecule has 16 nitrogen and oxygen atoms in total. The smallest absolute Gasteiger partial charge is 0.748 e. The molecule has 0 aliphatic heterocycles. The second-order valence-corrected chi connectivity index (χ2v) is 13.6. The Bertz CT molecular complexity index is 1860. The summed E-state index contributed by atoms with van der Waals surface area (Å²) >= 11 is 10.4. The Hall–Kier alpha value is -4.24. The number of ether oxygens (including phenoxy) is 1. The minimum Gasteiger partial charge on any atom is -0.748 e. The maximum Gasteiger partial charge on any atom is 1.00 e. The molecule has 0 aliphatic rings. The van der Waals surface area contributed by atoms with Crippen LogP contribution in [-0.4, -0.2) is 122 Å². The molecular formula is C38H45ClNNaO15S2. The van der Waals surface area contributed by atoms with Crippen molar-refractivity contribution in [3.8, 4) is 5.75 Å². The molecule has 3 aromatic carbocycles. The van der Waals surface area contributed by atoms with Gasteiger partial charge in [0.05, 0.1) is 28.0 Å². The van der Waals surface area contributed by atoms with Crippen molar-refractivity contribution in [1.82, 2.24) is 4.90 Å². The zero-order valence-electron chi connectivity index (χ0n) is 31.9. The van der Waals surface area contributed by atoms with Gasteiger partial charge in [0, 0.05) is 35.8 Å². The van der Waals surface area contributed by atoms with Crippen LogP contribution >= 0.6 is 24.2 Å². The maximum atomic E-state index is 10.3. The summed E-state index contributed by atoms with van der Waals surface area (Å²) in [6, 6.07) is 28.6. The van der Waals surface area contributed by atoms with Gasteiger partial charge in [-0.05, 0) is 41.9 Å². The molecule has 0 saturated heterocycles. The van der Waals surface area contributed by atoms with E-state index in [4.69, 9.17) is 47.0 Å². The zero-order valence-corrected chi connectivity index (χ0v) is 36.4. The molecule has 0 heterocycles. The molecule has 0 aromatic heterocycles. The molecular weight excluding hydrogens is 833 g/mol. The molecule has 20 heteroatoms. The monoisotopic (exact) mass is 877 g/mol. The summed E-state index contributed by atoms with van der Waals surface area (Å²) in [5.74, 6) is -6.93. The van der Waals surface area contributed by atoms with Crippen molar-refractivity contribution in [3.05, 3.63) is 114 Å². The molecule has 0 bridgehead atoms. The molecule has 3 rings (SSSR count). The first-order valence-electron chi connectivity index (χ1n) is 16.7. The fourth-order valence-corrected chi connectivity index (χ4v) is 5.51. The number of hydrogen-bond acceptors (Lipinski definition) is 12. The number of carboxylic acid groups (broad SMARTS) is 5. The van der Waals surface area contributed by atoms with Crippen LogP contribution in [0.3, 0.4) is 0 Å². The summed E-state index contributed by atoms with van der Waals surface area (Å²) in [4.78, 5) is 51.9. The van der Waals surface area contributed by atoms with E-state index in [1.54, 1.807) is 0 Å². The molecule has 0 atom stereocenters. The van der Waals surface area contributed by atoms with Gasteiger partial charge in [-0.3, -0.25) is 9.59 Å². The summed E-state index contributed by atoms with van der Waals surface area (Å²) in [7, 11) is -4.00. The predicted molar refractivity (Wildman–Crippen MR) is 214 cm³/mol. The van der Waals surface area contributed by atoms with Gasteiger partial charge in [0.25, 0.3) is 0 Å². The van der Waals surface area contributed by atoms with E-state index in [1.807, 2.05) is 60.7 Å². The Morgan fingerprint density at radius 2 is 1.17 bits per heavy atom. The van der Waals surface area contributed by atoms with Gasteiger partial charge in [-0.15, -0.1) is 0 Å². The van der Waals surface area contributed by atoms with E-state index < -0.39 is 58.4 Å². The van der Waals surface area contributed by atoms with Crippen LogP contribution in [0.2, 0.25) is 0 Å². The van der Waals surface area contributed by atoms with Crippen molar-refractivity contribution < 1.29 is 102 Å². The number of thiol groups is 1. The molecule has 0 spiro atoms. The number of likely N-dealkylation sites (N-methyl/N-ethyl adjacent to an activating group) is 1. The van der Waals surface area contributed by atoms with Crippen LogP contribution < -0.4 is 34.3 Å². The summed E-state index contributed by atoms with van der Waals surface area (Å²) < 4.78 is 34.8. The van der Waals surface area contributed by atoms with Gasteiger partial charge < -0.3 is 44.8 Å². The Morgan fingerprint density at radius 1 is 0.759 bits per heavy atom. The molecule has 0 amide bonds. The fourth-order valence-electron chi connectivity index (χ4n) is 4.27. The minimum absolute atomic E-state index is 0. The number of carbonyl (C=O) groups is 5. The first-order chi connectivity index (χ1) is 26.7. The number of halogens is 1. The van der Waals surface area contributed by atoms with Crippen molar-refractivity contribution in [2.24, 2.45) is 0 Å². The number of nitrogens with zero attached hydrogens (tertiary/aromatic N) is 1. The Labute approximate surface area is 368 Å². The third-order valence-corrected chi connectivity index (χ3v) is 8.66. The quantitative estimate of drug-likeness (QED) is 0.0314. The first kappa shape index (κ1) is 55.9. The summed E-state index contributed by atoms with van der Waals surface area (Å²) in [5.41, 5.74) is 1.45. The molecule has 3 aromatic rings. The largest absolute Gasteiger partial charge is 1.00 e. The summed E-state index contributed by atoms with van der Waals surface area (Å²) in [6.45, 7) is 8.05. The Kier molecular flexibility index (Phi) is 28.8. The molecule has 312 valence electrons. The van der Waals surface area contributed by atoms with Crippen LogP contribution in [-0.2, 0) is 34.1 Å². The van der Waals surface area contributed by atoms with E-state index >= 15 is 0 Å². The van der Waals surface area contributed by atoms with Crippen LogP contribution in [0, 0.1) is 0 Å².